The molecule has 310 valence electrons. The number of aliphatic carboxylic acids is 1. The number of hydrogen-bond acceptors (Lipinski definition) is 5. The second-order valence-electron chi connectivity index (χ2n) is 15.5. The van der Waals surface area contributed by atoms with Crippen molar-refractivity contribution in [1.29, 1.82) is 0 Å². The van der Waals surface area contributed by atoms with E-state index in [9.17, 15) is 27.9 Å². The molecule has 11 heteroatoms. The largest absolute Gasteiger partial charge is 0.508 e. The number of carbonyl (C=O) groups excluding carboxylic acids is 2. The molecule has 2 aliphatic rings. The topological polar surface area (TPSA) is 110 Å². The van der Waals surface area contributed by atoms with E-state index in [1.807, 2.05) is 59.5 Å². The summed E-state index contributed by atoms with van der Waals surface area (Å²) in [4.78, 5) is 40.6. The molecule has 0 spiro atoms. The number of nitrogens with one attached hydrogen (secondary N) is 1. The van der Waals surface area contributed by atoms with Gasteiger partial charge in [0.1, 0.15) is 5.75 Å². The lowest BCUT2D eigenvalue weighted by molar-refractivity contribution is -0.192. The Morgan fingerprint density at radius 1 is 0.724 bits per heavy atom. The number of aryl methyl sites for hydroxylation is 1. The van der Waals surface area contributed by atoms with Crippen molar-refractivity contribution in [2.24, 2.45) is 11.8 Å². The van der Waals surface area contributed by atoms with Crippen molar-refractivity contribution >= 4 is 17.8 Å². The number of phenols is 1. The van der Waals surface area contributed by atoms with Crippen LogP contribution in [0.15, 0.2) is 103 Å². The Morgan fingerprint density at radius 2 is 1.33 bits per heavy atom. The Labute approximate surface area is 340 Å². The molecule has 8 nitrogen and oxygen atoms in total. The van der Waals surface area contributed by atoms with E-state index in [-0.39, 0.29) is 17.6 Å². The molecule has 0 aromatic heterocycles. The lowest BCUT2D eigenvalue weighted by atomic mass is 9.87. The third-order valence-electron chi connectivity index (χ3n) is 11.3. The van der Waals surface area contributed by atoms with Gasteiger partial charge in [0.2, 0.25) is 5.91 Å². The maximum Gasteiger partial charge on any atom is 0.490 e. The van der Waals surface area contributed by atoms with Crippen molar-refractivity contribution in [3.05, 3.63) is 125 Å². The number of hydrogen-bond donors (Lipinski definition) is 3. The SMILES string of the molecule is O=C(CCCc1ccccc1)N(CCc1ccc(O)cc1)Cc1cccc(-c2ccccc2C(=O)N2CCC(CCCC3CCNCC3)CC2)c1.O=C(O)C(F)(F)F. The smallest absolute Gasteiger partial charge is 0.490 e. The summed E-state index contributed by atoms with van der Waals surface area (Å²) in [5.41, 5.74) is 6.06. The number of phenolic OH excluding ortho intramolecular Hbond substituents is 1. The fourth-order valence-electron chi connectivity index (χ4n) is 7.90. The molecule has 2 fully saturated rings. The molecule has 58 heavy (non-hydrogen) atoms. The van der Waals surface area contributed by atoms with Crippen molar-refractivity contribution in [2.45, 2.75) is 83.4 Å². The van der Waals surface area contributed by atoms with Crippen LogP contribution < -0.4 is 5.32 Å². The van der Waals surface area contributed by atoms with Crippen molar-refractivity contribution < 1.29 is 37.8 Å². The van der Waals surface area contributed by atoms with Crippen LogP contribution in [0.3, 0.4) is 0 Å². The molecule has 0 unspecified atom stereocenters. The Hall–Kier alpha value is -5.16. The number of halogens is 3. The highest BCUT2D eigenvalue weighted by atomic mass is 19.4. The molecular formula is C47H56F3N3O5. The van der Waals surface area contributed by atoms with E-state index < -0.39 is 12.1 Å². The molecule has 2 heterocycles. The molecule has 0 atom stereocenters. The first-order chi connectivity index (χ1) is 28.0. The van der Waals surface area contributed by atoms with Gasteiger partial charge in [0, 0.05) is 38.2 Å². The maximum atomic E-state index is 14.0. The number of carboxylic acid groups (broad SMARTS) is 1. The van der Waals surface area contributed by atoms with Gasteiger partial charge in [0.25, 0.3) is 5.91 Å². The van der Waals surface area contributed by atoms with Crippen LogP contribution in [-0.4, -0.2) is 76.7 Å². The molecule has 0 aliphatic carbocycles. The number of rotatable bonds is 15. The number of carbonyl (C=O) groups is 3. The Balaban J connectivity index is 0.000000839. The number of benzene rings is 4. The predicted octanol–water partition coefficient (Wildman–Crippen LogP) is 9.31. The number of carboxylic acids is 1. The van der Waals surface area contributed by atoms with Crippen molar-refractivity contribution in [3.63, 3.8) is 0 Å². The van der Waals surface area contributed by atoms with Crippen LogP contribution in [-0.2, 0) is 29.0 Å². The minimum absolute atomic E-state index is 0.119. The van der Waals surface area contributed by atoms with E-state index in [0.717, 1.165) is 78.4 Å². The van der Waals surface area contributed by atoms with Gasteiger partial charge in [-0.3, -0.25) is 9.59 Å². The summed E-state index contributed by atoms with van der Waals surface area (Å²) >= 11 is 0. The van der Waals surface area contributed by atoms with Crippen LogP contribution in [0, 0.1) is 11.8 Å². The van der Waals surface area contributed by atoms with Gasteiger partial charge in [-0.25, -0.2) is 4.79 Å². The maximum absolute atomic E-state index is 14.0. The van der Waals surface area contributed by atoms with Gasteiger partial charge in [-0.1, -0.05) is 98.1 Å². The number of piperidine rings is 2. The molecule has 0 saturated carbocycles. The second-order valence-corrected chi connectivity index (χ2v) is 15.5. The van der Waals surface area contributed by atoms with E-state index in [1.54, 1.807) is 12.1 Å². The van der Waals surface area contributed by atoms with Crippen molar-refractivity contribution in [3.8, 4) is 16.9 Å². The Morgan fingerprint density at radius 3 is 2.00 bits per heavy atom. The van der Waals surface area contributed by atoms with E-state index >= 15 is 0 Å². The minimum Gasteiger partial charge on any atom is -0.508 e. The van der Waals surface area contributed by atoms with Crippen LogP contribution in [0.5, 0.6) is 5.75 Å². The summed E-state index contributed by atoms with van der Waals surface area (Å²) in [6, 6.07) is 33.9. The summed E-state index contributed by atoms with van der Waals surface area (Å²) in [6.45, 7) is 5.08. The van der Waals surface area contributed by atoms with Gasteiger partial charge in [-0.05, 0) is 122 Å². The number of nitrogens with zero attached hydrogens (tertiary/aromatic N) is 2. The molecular weight excluding hydrogens is 744 g/mol. The zero-order chi connectivity index (χ0) is 41.3. The lowest BCUT2D eigenvalue weighted by Crippen LogP contribution is -2.38. The summed E-state index contributed by atoms with van der Waals surface area (Å²) in [5.74, 6) is -0.644. The molecule has 2 saturated heterocycles. The first-order valence-corrected chi connectivity index (χ1v) is 20.5. The molecule has 0 bridgehead atoms. The highest BCUT2D eigenvalue weighted by Gasteiger charge is 2.38. The molecule has 4 aromatic rings. The zero-order valence-electron chi connectivity index (χ0n) is 33.1. The molecule has 6 rings (SSSR count). The summed E-state index contributed by atoms with van der Waals surface area (Å²) in [7, 11) is 0. The molecule has 3 N–H and O–H groups in total. The third-order valence-corrected chi connectivity index (χ3v) is 11.3. The average molecular weight is 800 g/mol. The minimum atomic E-state index is -5.08. The van der Waals surface area contributed by atoms with Crippen molar-refractivity contribution in [1.82, 2.24) is 15.1 Å². The second kappa shape index (κ2) is 22.1. The summed E-state index contributed by atoms with van der Waals surface area (Å²) < 4.78 is 31.7. The van der Waals surface area contributed by atoms with Crippen LogP contribution in [0.2, 0.25) is 0 Å². The number of likely N-dealkylation sites (tertiary alicyclic amines) is 1. The number of aromatic hydroxyl groups is 1. The van der Waals surface area contributed by atoms with Gasteiger partial charge < -0.3 is 25.3 Å². The zero-order valence-corrected chi connectivity index (χ0v) is 33.1. The Kier molecular flexibility index (Phi) is 16.8. The average Bonchev–Trinajstić information content (AvgIpc) is 3.23. The number of alkyl halides is 3. The van der Waals surface area contributed by atoms with E-state index in [1.165, 1.54) is 50.8 Å². The third kappa shape index (κ3) is 14.0. The molecule has 4 aromatic carbocycles. The highest BCUT2D eigenvalue weighted by Crippen LogP contribution is 2.30. The fraction of sp³-hybridized carbons (Fsp3) is 0.426. The van der Waals surface area contributed by atoms with Crippen LogP contribution in [0.1, 0.15) is 84.8 Å². The summed E-state index contributed by atoms with van der Waals surface area (Å²) in [5, 5.41) is 20.3. The van der Waals surface area contributed by atoms with Gasteiger partial charge in [-0.15, -0.1) is 0 Å². The van der Waals surface area contributed by atoms with Gasteiger partial charge in [0.05, 0.1) is 0 Å². The van der Waals surface area contributed by atoms with E-state index in [4.69, 9.17) is 9.90 Å². The van der Waals surface area contributed by atoms with E-state index in [2.05, 4.69) is 46.6 Å². The van der Waals surface area contributed by atoms with E-state index in [0.29, 0.717) is 25.9 Å². The standard InChI is InChI=1S/C45H55N3O3.C2HF3O2/c49-41-21-19-38(20-22-41)27-32-48(44(50)18-8-13-35-9-2-1-3-10-35)34-39-14-7-15-40(33-39)42-16-4-5-17-43(42)45(51)47-30-25-37(26-31-47)12-6-11-36-23-28-46-29-24-36;3-2(4,5)1(6)7/h1-5,7,9-10,14-17,19-22,33,36-37,46,49H,6,8,11-13,18,23-32,34H2;(H,6,7). The van der Waals surface area contributed by atoms with Gasteiger partial charge in [-0.2, -0.15) is 13.2 Å². The highest BCUT2D eigenvalue weighted by molar-refractivity contribution is 6.01. The molecule has 2 aliphatic heterocycles. The summed E-state index contributed by atoms with van der Waals surface area (Å²) in [6.07, 6.45) is 6.55. The van der Waals surface area contributed by atoms with Crippen LogP contribution >= 0.6 is 0 Å². The van der Waals surface area contributed by atoms with Crippen LogP contribution in [0.25, 0.3) is 11.1 Å². The monoisotopic (exact) mass is 799 g/mol. The van der Waals surface area contributed by atoms with Crippen molar-refractivity contribution in [2.75, 3.05) is 32.7 Å². The van der Waals surface area contributed by atoms with Gasteiger partial charge >= 0.3 is 12.1 Å². The first-order valence-electron chi connectivity index (χ1n) is 20.5. The fourth-order valence-corrected chi connectivity index (χ4v) is 7.90. The van der Waals surface area contributed by atoms with Gasteiger partial charge in [0.15, 0.2) is 0 Å². The normalized spacial score (nSPS) is 15.0. The lowest BCUT2D eigenvalue weighted by Gasteiger charge is -2.33. The first kappa shape index (κ1) is 44.0. The quantitative estimate of drug-likeness (QED) is 0.111. The predicted molar refractivity (Wildman–Crippen MR) is 220 cm³/mol. The number of amides is 2. The Bertz CT molecular complexity index is 1890. The van der Waals surface area contributed by atoms with Crippen LogP contribution in [0.4, 0.5) is 13.2 Å². The molecule has 2 amide bonds. The molecule has 0 radical (unpaired) electrons.